The first-order valence-electron chi connectivity index (χ1n) is 7.54. The Morgan fingerprint density at radius 2 is 1.92 bits per heavy atom. The molecule has 0 fully saturated rings. The summed E-state index contributed by atoms with van der Waals surface area (Å²) in [4.78, 5) is 12.9. The first-order chi connectivity index (χ1) is 11.4. The molecule has 0 spiro atoms. The van der Waals surface area contributed by atoms with Crippen LogP contribution in [0, 0.1) is 3.57 Å². The second kappa shape index (κ2) is 8.69. The van der Waals surface area contributed by atoms with Gasteiger partial charge in [0, 0.05) is 14.6 Å². The van der Waals surface area contributed by atoms with E-state index < -0.39 is 12.2 Å². The Morgan fingerprint density at radius 1 is 1.25 bits per heavy atom. The lowest BCUT2D eigenvalue weighted by Crippen LogP contribution is -2.41. The van der Waals surface area contributed by atoms with Crippen molar-refractivity contribution in [1.82, 2.24) is 4.90 Å². The second-order valence-electron chi connectivity index (χ2n) is 5.69. The lowest BCUT2D eigenvalue weighted by molar-refractivity contribution is 0.0799. The molecule has 0 aliphatic heterocycles. The first-order valence-corrected chi connectivity index (χ1v) is 9.00. The van der Waals surface area contributed by atoms with Gasteiger partial charge in [-0.15, -0.1) is 0 Å². The van der Waals surface area contributed by atoms with Crippen molar-refractivity contribution in [2.24, 2.45) is 0 Å². The molecule has 0 aliphatic rings. The molecule has 2 N–H and O–H groups in total. The molecule has 0 bridgehead atoms. The summed E-state index contributed by atoms with van der Waals surface area (Å²) >= 11 is 8.16. The van der Waals surface area contributed by atoms with Gasteiger partial charge in [-0.25, -0.2) is 4.79 Å². The Kier molecular flexibility index (Phi) is 6.89. The third kappa shape index (κ3) is 5.36. The number of carbonyl (C=O) groups is 1. The minimum atomic E-state index is -1.05. The minimum Gasteiger partial charge on any atom is -0.465 e. The monoisotopic (exact) mass is 459 g/mol. The largest absolute Gasteiger partial charge is 0.465 e. The van der Waals surface area contributed by atoms with Crippen LogP contribution in [-0.2, 0) is 6.42 Å². The number of aliphatic hydroxyl groups excluding tert-OH is 1. The van der Waals surface area contributed by atoms with E-state index in [4.69, 9.17) is 11.6 Å². The number of benzene rings is 2. The predicted molar refractivity (Wildman–Crippen MR) is 103 cm³/mol. The SMILES string of the molecule is C[C@H](Cc1ccc(I)cc1)N(C[C@H](O)c1cccc(Cl)c1)C(=O)O. The average molecular weight is 460 g/mol. The normalized spacial score (nSPS) is 13.3. The molecule has 2 aromatic carbocycles. The summed E-state index contributed by atoms with van der Waals surface area (Å²) in [5, 5.41) is 20.4. The summed E-state index contributed by atoms with van der Waals surface area (Å²) in [6, 6.07) is 14.6. The molecule has 0 saturated heterocycles. The van der Waals surface area contributed by atoms with Crippen LogP contribution in [0.4, 0.5) is 4.79 Å². The van der Waals surface area contributed by atoms with Crippen molar-refractivity contribution >= 4 is 40.3 Å². The van der Waals surface area contributed by atoms with Crippen LogP contribution in [-0.4, -0.2) is 33.8 Å². The molecule has 0 aliphatic carbocycles. The Morgan fingerprint density at radius 3 is 2.50 bits per heavy atom. The van der Waals surface area contributed by atoms with E-state index in [1.165, 1.54) is 4.90 Å². The molecule has 2 atom stereocenters. The quantitative estimate of drug-likeness (QED) is 0.621. The summed E-state index contributed by atoms with van der Waals surface area (Å²) in [6.45, 7) is 1.85. The van der Waals surface area contributed by atoms with E-state index in [0.717, 1.165) is 9.13 Å². The molecular weight excluding hydrogens is 441 g/mol. The average Bonchev–Trinajstić information content (AvgIpc) is 2.54. The highest BCUT2D eigenvalue weighted by Crippen LogP contribution is 2.20. The molecule has 0 unspecified atom stereocenters. The van der Waals surface area contributed by atoms with Crippen LogP contribution < -0.4 is 0 Å². The fourth-order valence-corrected chi connectivity index (χ4v) is 3.08. The van der Waals surface area contributed by atoms with E-state index in [1.807, 2.05) is 31.2 Å². The van der Waals surface area contributed by atoms with Gasteiger partial charge in [-0.05, 0) is 71.3 Å². The van der Waals surface area contributed by atoms with Gasteiger partial charge in [0.1, 0.15) is 0 Å². The number of halogens is 2. The van der Waals surface area contributed by atoms with Gasteiger partial charge in [-0.1, -0.05) is 35.9 Å². The van der Waals surface area contributed by atoms with Crippen molar-refractivity contribution in [3.63, 3.8) is 0 Å². The van der Waals surface area contributed by atoms with E-state index in [1.54, 1.807) is 24.3 Å². The van der Waals surface area contributed by atoms with Crippen molar-refractivity contribution < 1.29 is 15.0 Å². The Labute approximate surface area is 160 Å². The smallest absolute Gasteiger partial charge is 0.407 e. The van der Waals surface area contributed by atoms with Gasteiger partial charge >= 0.3 is 6.09 Å². The molecule has 0 heterocycles. The number of hydrogen-bond acceptors (Lipinski definition) is 2. The standard InChI is InChI=1S/C18H19ClINO3/c1-12(9-13-5-7-16(20)8-6-13)21(18(23)24)11-17(22)14-3-2-4-15(19)10-14/h2-8,10,12,17,22H,9,11H2,1H3,(H,23,24)/t12-,17+/m1/s1. The lowest BCUT2D eigenvalue weighted by Gasteiger charge is -2.29. The highest BCUT2D eigenvalue weighted by molar-refractivity contribution is 14.1. The molecule has 0 radical (unpaired) electrons. The number of nitrogens with zero attached hydrogens (tertiary/aromatic N) is 1. The number of amides is 1. The van der Waals surface area contributed by atoms with Crippen molar-refractivity contribution in [2.45, 2.75) is 25.5 Å². The number of carboxylic acid groups (broad SMARTS) is 1. The van der Waals surface area contributed by atoms with Crippen molar-refractivity contribution in [3.8, 4) is 0 Å². The number of rotatable bonds is 6. The van der Waals surface area contributed by atoms with Crippen molar-refractivity contribution in [2.75, 3.05) is 6.54 Å². The van der Waals surface area contributed by atoms with E-state index in [0.29, 0.717) is 17.0 Å². The van der Waals surface area contributed by atoms with E-state index in [-0.39, 0.29) is 12.6 Å². The van der Waals surface area contributed by atoms with E-state index in [2.05, 4.69) is 22.6 Å². The summed E-state index contributed by atoms with van der Waals surface area (Å²) in [5.41, 5.74) is 1.67. The summed E-state index contributed by atoms with van der Waals surface area (Å²) < 4.78 is 1.13. The maximum absolute atomic E-state index is 11.6. The Balaban J connectivity index is 2.07. The molecule has 0 aromatic heterocycles. The Bertz CT molecular complexity index is 693. The predicted octanol–water partition coefficient (Wildman–Crippen LogP) is 4.59. The van der Waals surface area contributed by atoms with Crippen LogP contribution >= 0.6 is 34.2 Å². The van der Waals surface area contributed by atoms with Crippen LogP contribution in [0.25, 0.3) is 0 Å². The molecule has 4 nitrogen and oxygen atoms in total. The van der Waals surface area contributed by atoms with E-state index >= 15 is 0 Å². The van der Waals surface area contributed by atoms with Crippen LogP contribution in [0.3, 0.4) is 0 Å². The molecule has 2 aromatic rings. The number of aliphatic hydroxyl groups is 1. The first kappa shape index (κ1) is 19.0. The van der Waals surface area contributed by atoms with Gasteiger partial charge in [-0.3, -0.25) is 0 Å². The zero-order chi connectivity index (χ0) is 17.7. The van der Waals surface area contributed by atoms with Crippen LogP contribution in [0.15, 0.2) is 48.5 Å². The maximum atomic E-state index is 11.6. The van der Waals surface area contributed by atoms with Crippen molar-refractivity contribution in [3.05, 3.63) is 68.3 Å². The summed E-state index contributed by atoms with van der Waals surface area (Å²) in [7, 11) is 0. The van der Waals surface area contributed by atoms with Crippen LogP contribution in [0.5, 0.6) is 0 Å². The van der Waals surface area contributed by atoms with Gasteiger partial charge in [0.05, 0.1) is 12.6 Å². The topological polar surface area (TPSA) is 60.8 Å². The zero-order valence-electron chi connectivity index (χ0n) is 13.2. The van der Waals surface area contributed by atoms with Crippen molar-refractivity contribution in [1.29, 1.82) is 0 Å². The van der Waals surface area contributed by atoms with Gasteiger partial charge in [0.2, 0.25) is 0 Å². The second-order valence-corrected chi connectivity index (χ2v) is 7.37. The molecule has 6 heteroatoms. The fourth-order valence-electron chi connectivity index (χ4n) is 2.52. The van der Waals surface area contributed by atoms with Crippen LogP contribution in [0.1, 0.15) is 24.2 Å². The highest BCUT2D eigenvalue weighted by Gasteiger charge is 2.23. The minimum absolute atomic E-state index is 0.00120. The maximum Gasteiger partial charge on any atom is 0.407 e. The fraction of sp³-hybridized carbons (Fsp3) is 0.278. The molecule has 1 amide bonds. The summed E-state index contributed by atoms with van der Waals surface area (Å²) in [6.07, 6.45) is -1.38. The van der Waals surface area contributed by atoms with E-state index in [9.17, 15) is 15.0 Å². The molecule has 2 rings (SSSR count). The highest BCUT2D eigenvalue weighted by atomic mass is 127. The zero-order valence-corrected chi connectivity index (χ0v) is 16.1. The van der Waals surface area contributed by atoms with Gasteiger partial charge < -0.3 is 15.1 Å². The lowest BCUT2D eigenvalue weighted by atomic mass is 10.0. The molecular formula is C18H19ClINO3. The summed E-state index contributed by atoms with van der Waals surface area (Å²) in [5.74, 6) is 0. The molecule has 128 valence electrons. The third-order valence-corrected chi connectivity index (χ3v) is 4.78. The third-order valence-electron chi connectivity index (χ3n) is 3.83. The molecule has 0 saturated carbocycles. The Hall–Kier alpha value is -1.31. The number of hydrogen-bond donors (Lipinski definition) is 2. The van der Waals surface area contributed by atoms with Gasteiger partial charge in [-0.2, -0.15) is 0 Å². The van der Waals surface area contributed by atoms with Crippen LogP contribution in [0.2, 0.25) is 5.02 Å². The van der Waals surface area contributed by atoms with Gasteiger partial charge in [0.15, 0.2) is 0 Å². The molecule has 24 heavy (non-hydrogen) atoms. The van der Waals surface area contributed by atoms with Gasteiger partial charge in [0.25, 0.3) is 0 Å².